The molecule has 4 rings (SSSR count). The number of nitrogens with zero attached hydrogens (tertiary/aromatic N) is 3. The van der Waals surface area contributed by atoms with Crippen LogP contribution in [0.5, 0.6) is 0 Å². The predicted octanol–water partition coefficient (Wildman–Crippen LogP) is 4.60. The molecule has 1 aliphatic carbocycles. The monoisotopic (exact) mass is 474 g/mol. The summed E-state index contributed by atoms with van der Waals surface area (Å²) < 4.78 is 19.7. The molecule has 2 heterocycles. The largest absolute Gasteiger partial charge is 0.368 e. The summed E-state index contributed by atoms with van der Waals surface area (Å²) in [5.74, 6) is 0.714. The smallest absolute Gasteiger partial charge is 0.224 e. The van der Waals surface area contributed by atoms with Crippen molar-refractivity contribution in [3.8, 4) is 16.5 Å². The first kappa shape index (κ1) is 23.1. The van der Waals surface area contributed by atoms with Crippen molar-refractivity contribution in [2.24, 2.45) is 5.92 Å². The van der Waals surface area contributed by atoms with Crippen LogP contribution < -0.4 is 10.2 Å². The Bertz CT molecular complexity index is 990. The molecule has 3 N–H and O–H groups in total. The minimum absolute atomic E-state index is 0.0398. The predicted molar refractivity (Wildman–Crippen MR) is 130 cm³/mol. The van der Waals surface area contributed by atoms with Crippen LogP contribution in [0.4, 0.5) is 5.69 Å². The maximum atomic E-state index is 12.7. The van der Waals surface area contributed by atoms with Crippen LogP contribution >= 0.6 is 21.9 Å². The third-order valence-corrected chi connectivity index (χ3v) is 9.14. The summed E-state index contributed by atoms with van der Waals surface area (Å²) >= 11 is 1.66. The second kappa shape index (κ2) is 9.79. The maximum absolute atomic E-state index is 12.7. The van der Waals surface area contributed by atoms with Gasteiger partial charge in [0.05, 0.1) is 33.2 Å². The van der Waals surface area contributed by atoms with Gasteiger partial charge in [-0.3, -0.25) is 13.9 Å². The van der Waals surface area contributed by atoms with E-state index in [1.165, 1.54) is 0 Å². The SMILES string of the molecule is Cc1nc([C@@H]2CCCC[C@H]2C(=O)NCC#N)c(-c2ccc(N3CCS(O)(O)CC3)cc2)s1. The molecular formula is C23H30N4O3S2. The second-order valence-electron chi connectivity index (χ2n) is 8.56. The van der Waals surface area contributed by atoms with Gasteiger partial charge in [0.15, 0.2) is 0 Å². The van der Waals surface area contributed by atoms with Crippen LogP contribution in [-0.4, -0.2) is 51.1 Å². The topological polar surface area (TPSA) is 109 Å². The van der Waals surface area contributed by atoms with Crippen molar-refractivity contribution in [2.45, 2.75) is 38.5 Å². The summed E-state index contributed by atoms with van der Waals surface area (Å²) in [6, 6.07) is 10.4. The lowest BCUT2D eigenvalue weighted by molar-refractivity contribution is -0.126. The van der Waals surface area contributed by atoms with Crippen LogP contribution in [0.25, 0.3) is 10.4 Å². The Kier molecular flexibility index (Phi) is 7.05. The number of benzene rings is 1. The first-order valence-electron chi connectivity index (χ1n) is 11.1. The van der Waals surface area contributed by atoms with E-state index >= 15 is 0 Å². The molecule has 1 aliphatic heterocycles. The molecule has 9 heteroatoms. The molecule has 0 unspecified atom stereocenters. The Balaban J connectivity index is 1.56. The van der Waals surface area contributed by atoms with E-state index in [2.05, 4.69) is 34.5 Å². The number of nitriles is 1. The average molecular weight is 475 g/mol. The van der Waals surface area contributed by atoms with Gasteiger partial charge in [0.2, 0.25) is 5.91 Å². The Morgan fingerprint density at radius 2 is 1.94 bits per heavy atom. The number of rotatable bonds is 5. The van der Waals surface area contributed by atoms with Gasteiger partial charge in [0, 0.05) is 30.6 Å². The number of hydrogen-bond acceptors (Lipinski definition) is 7. The Labute approximate surface area is 194 Å². The van der Waals surface area contributed by atoms with Gasteiger partial charge in [-0.15, -0.1) is 11.3 Å². The van der Waals surface area contributed by atoms with Crippen LogP contribution in [0.1, 0.15) is 42.3 Å². The van der Waals surface area contributed by atoms with E-state index < -0.39 is 10.6 Å². The molecule has 172 valence electrons. The van der Waals surface area contributed by atoms with Gasteiger partial charge < -0.3 is 10.2 Å². The molecule has 1 aromatic carbocycles. The van der Waals surface area contributed by atoms with E-state index in [-0.39, 0.29) is 24.3 Å². The van der Waals surface area contributed by atoms with Gasteiger partial charge in [-0.1, -0.05) is 25.0 Å². The van der Waals surface area contributed by atoms with Crippen molar-refractivity contribution >= 4 is 33.5 Å². The summed E-state index contributed by atoms with van der Waals surface area (Å²) in [5.41, 5.74) is 3.18. The van der Waals surface area contributed by atoms with Gasteiger partial charge in [-0.05, 0) is 37.5 Å². The molecule has 2 atom stereocenters. The average Bonchev–Trinajstić information content (AvgIpc) is 3.19. The summed E-state index contributed by atoms with van der Waals surface area (Å²) in [6.45, 7) is 3.34. The first-order chi connectivity index (χ1) is 15.4. The lowest BCUT2D eigenvalue weighted by atomic mass is 9.76. The van der Waals surface area contributed by atoms with Crippen molar-refractivity contribution in [2.75, 3.05) is 36.0 Å². The van der Waals surface area contributed by atoms with Crippen molar-refractivity contribution < 1.29 is 13.9 Å². The highest BCUT2D eigenvalue weighted by molar-refractivity contribution is 8.24. The highest BCUT2D eigenvalue weighted by Crippen LogP contribution is 2.44. The number of thiazole rings is 1. The maximum Gasteiger partial charge on any atom is 0.224 e. The summed E-state index contributed by atoms with van der Waals surface area (Å²) in [6.07, 6.45) is 3.86. The fourth-order valence-electron chi connectivity index (χ4n) is 4.74. The van der Waals surface area contributed by atoms with E-state index in [4.69, 9.17) is 10.2 Å². The molecule has 2 fully saturated rings. The number of aryl methyl sites for hydroxylation is 1. The number of carbonyl (C=O) groups is 1. The number of nitrogens with one attached hydrogen (secondary N) is 1. The highest BCUT2D eigenvalue weighted by Gasteiger charge is 2.35. The molecule has 1 amide bonds. The lowest BCUT2D eigenvalue weighted by Crippen LogP contribution is -2.38. The highest BCUT2D eigenvalue weighted by atomic mass is 32.3. The number of amides is 1. The zero-order valence-electron chi connectivity index (χ0n) is 18.3. The van der Waals surface area contributed by atoms with Gasteiger partial charge in [0.25, 0.3) is 0 Å². The quantitative estimate of drug-likeness (QED) is 0.546. The van der Waals surface area contributed by atoms with Crippen molar-refractivity contribution in [3.63, 3.8) is 0 Å². The van der Waals surface area contributed by atoms with E-state index in [9.17, 15) is 13.9 Å². The second-order valence-corrected chi connectivity index (χ2v) is 12.2. The van der Waals surface area contributed by atoms with Gasteiger partial charge in [0.1, 0.15) is 6.54 Å². The van der Waals surface area contributed by atoms with Crippen LogP contribution in [0.15, 0.2) is 24.3 Å². The third kappa shape index (κ3) is 5.09. The van der Waals surface area contributed by atoms with Crippen LogP contribution in [-0.2, 0) is 4.79 Å². The number of carbonyl (C=O) groups excluding carboxylic acids is 1. The zero-order chi connectivity index (χ0) is 22.7. The molecular weight excluding hydrogens is 444 g/mol. The van der Waals surface area contributed by atoms with E-state index in [0.29, 0.717) is 24.6 Å². The molecule has 1 saturated carbocycles. The normalized spacial score (nSPS) is 23.9. The molecule has 0 spiro atoms. The molecule has 0 bridgehead atoms. The Morgan fingerprint density at radius 3 is 2.62 bits per heavy atom. The van der Waals surface area contributed by atoms with Gasteiger partial charge in [-0.25, -0.2) is 4.98 Å². The van der Waals surface area contributed by atoms with Gasteiger partial charge in [-0.2, -0.15) is 15.9 Å². The minimum atomic E-state index is -2.41. The Hall–Kier alpha value is -2.12. The van der Waals surface area contributed by atoms with Crippen LogP contribution in [0.2, 0.25) is 0 Å². The molecule has 1 saturated heterocycles. The summed E-state index contributed by atoms with van der Waals surface area (Å²) in [7, 11) is -2.41. The van der Waals surface area contributed by atoms with Crippen molar-refractivity contribution in [1.82, 2.24) is 10.3 Å². The molecule has 32 heavy (non-hydrogen) atoms. The number of anilines is 1. The fraction of sp³-hybridized carbons (Fsp3) is 0.522. The van der Waals surface area contributed by atoms with E-state index in [0.717, 1.165) is 52.5 Å². The van der Waals surface area contributed by atoms with Crippen molar-refractivity contribution in [1.29, 1.82) is 5.26 Å². The minimum Gasteiger partial charge on any atom is -0.368 e. The lowest BCUT2D eigenvalue weighted by Gasteiger charge is -2.41. The summed E-state index contributed by atoms with van der Waals surface area (Å²) in [4.78, 5) is 20.9. The van der Waals surface area contributed by atoms with E-state index in [1.807, 2.05) is 13.0 Å². The standard InChI is InChI=1S/C23H30N4O3S2/c1-16-26-21(19-4-2-3-5-20(19)23(28)25-11-10-24)22(31-16)17-6-8-18(9-7-17)27-12-14-32(29,30)15-13-27/h6-9,19-20,29-30H,2-5,11-15H2,1H3,(H,25,28)/t19-,20-/m1/s1. The molecule has 1 aromatic heterocycles. The third-order valence-electron chi connectivity index (χ3n) is 6.43. The van der Waals surface area contributed by atoms with Crippen LogP contribution in [0.3, 0.4) is 0 Å². The summed E-state index contributed by atoms with van der Waals surface area (Å²) in [5, 5.41) is 12.6. The van der Waals surface area contributed by atoms with Crippen LogP contribution in [0, 0.1) is 24.2 Å². The van der Waals surface area contributed by atoms with E-state index in [1.54, 1.807) is 11.3 Å². The first-order valence-corrected chi connectivity index (χ1v) is 13.8. The zero-order valence-corrected chi connectivity index (χ0v) is 19.9. The Morgan fingerprint density at radius 1 is 1.25 bits per heavy atom. The van der Waals surface area contributed by atoms with Crippen molar-refractivity contribution in [3.05, 3.63) is 35.0 Å². The molecule has 2 aliphatic rings. The molecule has 7 nitrogen and oxygen atoms in total. The van der Waals surface area contributed by atoms with Gasteiger partial charge >= 0.3 is 0 Å². The fourth-order valence-corrected chi connectivity index (χ4v) is 6.96. The molecule has 2 aromatic rings. The number of hydrogen-bond donors (Lipinski definition) is 3. The molecule has 0 radical (unpaired) electrons. The number of aromatic nitrogens is 1.